The Morgan fingerprint density at radius 1 is 1.08 bits per heavy atom. The number of carboxylic acids is 2. The minimum atomic E-state index is -1.08. The zero-order valence-electron chi connectivity index (χ0n) is 13.8. The van der Waals surface area contributed by atoms with Crippen molar-refractivity contribution in [2.24, 2.45) is 17.4 Å². The van der Waals surface area contributed by atoms with Crippen LogP contribution in [0.1, 0.15) is 32.1 Å². The van der Waals surface area contributed by atoms with Gasteiger partial charge in [0.25, 0.3) is 0 Å². The van der Waals surface area contributed by atoms with E-state index in [-0.39, 0.29) is 30.7 Å². The van der Waals surface area contributed by atoms with Crippen LogP contribution in [-0.2, 0) is 19.1 Å². The Hall–Kier alpha value is -2.36. The topological polar surface area (TPSA) is 173 Å². The molecule has 0 saturated heterocycles. The number of hydrogen-bond donors (Lipinski definition) is 4. The average molecular weight is 347 g/mol. The molecular weight excluding hydrogens is 322 g/mol. The lowest BCUT2D eigenvalue weighted by molar-refractivity contribution is -0.143. The summed E-state index contributed by atoms with van der Waals surface area (Å²) in [5.74, 6) is -2.23. The molecule has 1 rings (SSSR count). The minimum absolute atomic E-state index is 0.0463. The Balaban J connectivity index is 0.000000561. The molecule has 0 spiro atoms. The van der Waals surface area contributed by atoms with Crippen LogP contribution in [-0.4, -0.2) is 65.3 Å². The molecule has 24 heavy (non-hydrogen) atoms. The summed E-state index contributed by atoms with van der Waals surface area (Å²) < 4.78 is 4.91. The van der Waals surface area contributed by atoms with Gasteiger partial charge in [-0.25, -0.2) is 4.79 Å². The van der Waals surface area contributed by atoms with E-state index in [0.717, 1.165) is 6.42 Å². The first-order valence-electron chi connectivity index (χ1n) is 7.41. The summed E-state index contributed by atoms with van der Waals surface area (Å²) in [4.78, 5) is 43.2. The van der Waals surface area contributed by atoms with E-state index in [0.29, 0.717) is 12.8 Å². The number of nitrogens with two attached hydrogens (primary N) is 2. The van der Waals surface area contributed by atoms with E-state index in [9.17, 15) is 19.2 Å². The van der Waals surface area contributed by atoms with Gasteiger partial charge >= 0.3 is 18.0 Å². The van der Waals surface area contributed by atoms with E-state index in [1.54, 1.807) is 19.0 Å². The summed E-state index contributed by atoms with van der Waals surface area (Å²) in [6, 6.07) is -0.223. The molecule has 0 aliphatic heterocycles. The molecule has 0 heterocycles. The lowest BCUT2D eigenvalue weighted by Gasteiger charge is -2.33. The second-order valence-corrected chi connectivity index (χ2v) is 5.67. The summed E-state index contributed by atoms with van der Waals surface area (Å²) in [5, 5.41) is 15.8. The van der Waals surface area contributed by atoms with Gasteiger partial charge < -0.3 is 31.3 Å². The molecule has 0 radical (unpaired) electrons. The maximum absolute atomic E-state index is 11.7. The Bertz CT molecular complexity index is 453. The fraction of sp³-hybridized carbons (Fsp3) is 0.714. The van der Waals surface area contributed by atoms with E-state index in [4.69, 9.17) is 26.4 Å². The van der Waals surface area contributed by atoms with Gasteiger partial charge in [-0.1, -0.05) is 0 Å². The first kappa shape index (κ1) is 21.6. The number of aliphatic carboxylic acids is 2. The molecule has 0 unspecified atom stereocenters. The van der Waals surface area contributed by atoms with Crippen LogP contribution in [0.3, 0.4) is 0 Å². The Morgan fingerprint density at radius 3 is 1.96 bits per heavy atom. The largest absolute Gasteiger partial charge is 0.481 e. The molecule has 0 bridgehead atoms. The van der Waals surface area contributed by atoms with Crippen LogP contribution >= 0.6 is 0 Å². The van der Waals surface area contributed by atoms with Crippen LogP contribution in [0.2, 0.25) is 0 Å². The lowest BCUT2D eigenvalue weighted by Crippen LogP contribution is -2.47. The van der Waals surface area contributed by atoms with Gasteiger partial charge in [-0.05, 0) is 19.3 Å². The van der Waals surface area contributed by atoms with Crippen LogP contribution in [0.25, 0.3) is 0 Å². The minimum Gasteiger partial charge on any atom is -0.481 e. The molecular formula is C14H25N3O7. The van der Waals surface area contributed by atoms with Crippen molar-refractivity contribution in [2.45, 2.75) is 44.2 Å². The van der Waals surface area contributed by atoms with Crippen molar-refractivity contribution in [3.8, 4) is 0 Å². The highest BCUT2D eigenvalue weighted by atomic mass is 16.6. The summed E-state index contributed by atoms with van der Waals surface area (Å²) in [6.07, 6.45) is -0.0105. The first-order chi connectivity index (χ1) is 11.0. The Kier molecular flexibility index (Phi) is 9.40. The zero-order valence-corrected chi connectivity index (χ0v) is 13.8. The number of carbonyl (C=O) groups excluding carboxylic acids is 2. The molecule has 6 N–H and O–H groups in total. The average Bonchev–Trinajstić information content (AvgIpc) is 2.46. The smallest absolute Gasteiger partial charge is 0.404 e. The number of amides is 2. The monoisotopic (exact) mass is 347 g/mol. The van der Waals surface area contributed by atoms with E-state index < -0.39 is 24.1 Å². The summed E-state index contributed by atoms with van der Waals surface area (Å²) in [5.41, 5.74) is 10.8. The van der Waals surface area contributed by atoms with E-state index in [1.807, 2.05) is 0 Å². The quantitative estimate of drug-likeness (QED) is 0.519. The van der Waals surface area contributed by atoms with Crippen LogP contribution in [0.5, 0.6) is 0 Å². The molecule has 0 aromatic heterocycles. The van der Waals surface area contributed by atoms with Crippen molar-refractivity contribution >= 4 is 23.9 Å². The van der Waals surface area contributed by atoms with Crippen molar-refractivity contribution in [3.63, 3.8) is 0 Å². The second kappa shape index (κ2) is 10.4. The predicted octanol–water partition coefficient (Wildman–Crippen LogP) is -0.398. The fourth-order valence-corrected chi connectivity index (χ4v) is 2.24. The summed E-state index contributed by atoms with van der Waals surface area (Å²) >= 11 is 0. The van der Waals surface area contributed by atoms with E-state index in [1.165, 1.54) is 0 Å². The van der Waals surface area contributed by atoms with Crippen molar-refractivity contribution in [2.75, 3.05) is 14.1 Å². The fourth-order valence-electron chi connectivity index (χ4n) is 2.24. The van der Waals surface area contributed by atoms with Gasteiger partial charge in [0.15, 0.2) is 0 Å². The highest BCUT2D eigenvalue weighted by Crippen LogP contribution is 2.26. The second-order valence-electron chi connectivity index (χ2n) is 5.67. The zero-order chi connectivity index (χ0) is 18.9. The molecule has 2 amide bonds. The summed E-state index contributed by atoms with van der Waals surface area (Å²) in [7, 11) is 3.42. The number of primary amides is 1. The normalized spacial score (nSPS) is 22.5. The molecule has 3 atom stereocenters. The number of rotatable bonds is 5. The van der Waals surface area contributed by atoms with Crippen LogP contribution in [0.15, 0.2) is 0 Å². The van der Waals surface area contributed by atoms with Crippen LogP contribution in [0, 0.1) is 5.92 Å². The van der Waals surface area contributed by atoms with Crippen molar-refractivity contribution in [1.29, 1.82) is 0 Å². The molecule has 1 aliphatic rings. The number of carboxylic acid groups (broad SMARTS) is 2. The number of hydrogen-bond acceptors (Lipinski definition) is 6. The predicted molar refractivity (Wildman–Crippen MR) is 83.0 cm³/mol. The SMILES string of the molecule is CN(C)C(=O)[C@H]1CC[C@H](N)[C@H](OC(N)=O)C1.O=C(O)CCC(=O)O. The third-order valence-corrected chi connectivity index (χ3v) is 3.45. The van der Waals surface area contributed by atoms with E-state index >= 15 is 0 Å². The standard InChI is InChI=1S/C10H19N3O3.C4H6O4/c1-13(2)9(14)6-3-4-7(11)8(5-6)16-10(12)15;5-3(6)1-2-4(7)8/h6-8H,3-5,11H2,1-2H3,(H2,12,15);1-2H2,(H,5,6)(H,7,8)/t6-,7-,8+;/m0./s1. The third kappa shape index (κ3) is 8.93. The van der Waals surface area contributed by atoms with Gasteiger partial charge in [0.1, 0.15) is 6.10 Å². The van der Waals surface area contributed by atoms with Crippen molar-refractivity contribution < 1.29 is 34.1 Å². The van der Waals surface area contributed by atoms with Gasteiger partial charge in [-0.2, -0.15) is 0 Å². The first-order valence-corrected chi connectivity index (χ1v) is 7.41. The highest BCUT2D eigenvalue weighted by Gasteiger charge is 2.34. The number of carbonyl (C=O) groups is 4. The van der Waals surface area contributed by atoms with Crippen LogP contribution < -0.4 is 11.5 Å². The summed E-state index contributed by atoms with van der Waals surface area (Å²) in [6.45, 7) is 0. The maximum atomic E-state index is 11.7. The third-order valence-electron chi connectivity index (χ3n) is 3.45. The van der Waals surface area contributed by atoms with Crippen molar-refractivity contribution in [3.05, 3.63) is 0 Å². The Labute approximate surface area is 139 Å². The highest BCUT2D eigenvalue weighted by molar-refractivity contribution is 5.78. The van der Waals surface area contributed by atoms with Gasteiger partial charge in [-0.3, -0.25) is 14.4 Å². The maximum Gasteiger partial charge on any atom is 0.404 e. The van der Waals surface area contributed by atoms with Gasteiger partial charge in [0.2, 0.25) is 5.91 Å². The van der Waals surface area contributed by atoms with Crippen LogP contribution in [0.4, 0.5) is 4.79 Å². The van der Waals surface area contributed by atoms with Gasteiger partial charge in [0.05, 0.1) is 12.8 Å². The van der Waals surface area contributed by atoms with E-state index in [2.05, 4.69) is 0 Å². The molecule has 10 nitrogen and oxygen atoms in total. The molecule has 0 aromatic rings. The molecule has 1 fully saturated rings. The Morgan fingerprint density at radius 2 is 1.58 bits per heavy atom. The van der Waals surface area contributed by atoms with Crippen molar-refractivity contribution in [1.82, 2.24) is 4.90 Å². The molecule has 0 aromatic carbocycles. The molecule has 10 heteroatoms. The lowest BCUT2D eigenvalue weighted by atomic mass is 9.83. The molecule has 1 saturated carbocycles. The molecule has 1 aliphatic carbocycles. The number of ether oxygens (including phenoxy) is 1. The number of nitrogens with zero attached hydrogens (tertiary/aromatic N) is 1. The van der Waals surface area contributed by atoms with Gasteiger partial charge in [-0.15, -0.1) is 0 Å². The molecule has 138 valence electrons. The van der Waals surface area contributed by atoms with Gasteiger partial charge in [0, 0.05) is 26.1 Å².